The number of carbonyl (C=O) groups is 1. The fourth-order valence-corrected chi connectivity index (χ4v) is 2.24. The maximum absolute atomic E-state index is 11.4. The fraction of sp³-hybridized carbons (Fsp3) is 0.333. The standard InChI is InChI=1S/C12H15N3O2S/c1-15(2)12(16)7-18-6-11-14-9-5-8(13)3-4-10(9)17-11/h3-5H,6-7,13H2,1-2H3. The summed E-state index contributed by atoms with van der Waals surface area (Å²) in [7, 11) is 3.48. The molecule has 1 amide bonds. The van der Waals surface area contributed by atoms with Crippen LogP contribution in [0.3, 0.4) is 0 Å². The molecular weight excluding hydrogens is 250 g/mol. The van der Waals surface area contributed by atoms with Gasteiger partial charge in [-0.05, 0) is 18.2 Å². The smallest absolute Gasteiger partial charge is 0.232 e. The summed E-state index contributed by atoms with van der Waals surface area (Å²) >= 11 is 1.48. The van der Waals surface area contributed by atoms with Crippen molar-refractivity contribution < 1.29 is 9.21 Å². The van der Waals surface area contributed by atoms with E-state index >= 15 is 0 Å². The molecule has 0 unspecified atom stereocenters. The normalized spacial score (nSPS) is 10.8. The maximum atomic E-state index is 11.4. The Bertz CT molecular complexity index is 565. The average Bonchev–Trinajstić information content (AvgIpc) is 2.70. The van der Waals surface area contributed by atoms with E-state index in [2.05, 4.69) is 4.98 Å². The third-order valence-electron chi connectivity index (χ3n) is 2.41. The Balaban J connectivity index is 1.98. The minimum absolute atomic E-state index is 0.0837. The molecule has 0 saturated heterocycles. The van der Waals surface area contributed by atoms with Crippen molar-refractivity contribution in [1.29, 1.82) is 0 Å². The first-order valence-electron chi connectivity index (χ1n) is 5.49. The van der Waals surface area contributed by atoms with E-state index < -0.39 is 0 Å². The van der Waals surface area contributed by atoms with Crippen LogP contribution in [0.5, 0.6) is 0 Å². The van der Waals surface area contributed by atoms with Gasteiger partial charge in [-0.15, -0.1) is 11.8 Å². The van der Waals surface area contributed by atoms with Crippen LogP contribution in [0.25, 0.3) is 11.1 Å². The molecule has 0 atom stereocenters. The number of nitrogens with zero attached hydrogens (tertiary/aromatic N) is 2. The fourth-order valence-electron chi connectivity index (χ4n) is 1.41. The van der Waals surface area contributed by atoms with E-state index in [9.17, 15) is 4.79 Å². The molecule has 1 aromatic carbocycles. The third-order valence-corrected chi connectivity index (χ3v) is 3.31. The predicted octanol–water partition coefficient (Wildman–Crippen LogP) is 1.73. The number of nitrogen functional groups attached to an aromatic ring is 1. The van der Waals surface area contributed by atoms with Gasteiger partial charge in [0.2, 0.25) is 11.8 Å². The molecule has 0 fully saturated rings. The molecule has 2 aromatic rings. The third kappa shape index (κ3) is 2.95. The van der Waals surface area contributed by atoms with Gasteiger partial charge in [-0.1, -0.05) is 0 Å². The Morgan fingerprint density at radius 3 is 3.00 bits per heavy atom. The molecule has 1 heterocycles. The summed E-state index contributed by atoms with van der Waals surface area (Å²) in [5, 5.41) is 0. The second kappa shape index (κ2) is 5.30. The molecule has 0 spiro atoms. The Morgan fingerprint density at radius 2 is 2.28 bits per heavy atom. The second-order valence-corrected chi connectivity index (χ2v) is 5.10. The highest BCUT2D eigenvalue weighted by atomic mass is 32.2. The number of oxazole rings is 1. The Hall–Kier alpha value is -1.69. The summed E-state index contributed by atoms with van der Waals surface area (Å²) in [6.07, 6.45) is 0. The van der Waals surface area contributed by atoms with Gasteiger partial charge in [-0.3, -0.25) is 4.79 Å². The lowest BCUT2D eigenvalue weighted by Crippen LogP contribution is -2.23. The number of thioether (sulfide) groups is 1. The largest absolute Gasteiger partial charge is 0.440 e. The van der Waals surface area contributed by atoms with Gasteiger partial charge in [0.15, 0.2) is 5.58 Å². The van der Waals surface area contributed by atoms with Crippen LogP contribution in [-0.2, 0) is 10.5 Å². The summed E-state index contributed by atoms with van der Waals surface area (Å²) < 4.78 is 5.55. The number of rotatable bonds is 4. The van der Waals surface area contributed by atoms with Crippen molar-refractivity contribution in [3.8, 4) is 0 Å². The van der Waals surface area contributed by atoms with E-state index in [4.69, 9.17) is 10.2 Å². The predicted molar refractivity (Wildman–Crippen MR) is 73.3 cm³/mol. The van der Waals surface area contributed by atoms with Gasteiger partial charge in [-0.2, -0.15) is 0 Å². The van der Waals surface area contributed by atoms with Crippen LogP contribution < -0.4 is 5.73 Å². The molecule has 2 rings (SSSR count). The molecule has 5 nitrogen and oxygen atoms in total. The highest BCUT2D eigenvalue weighted by Gasteiger charge is 2.08. The monoisotopic (exact) mass is 265 g/mol. The highest BCUT2D eigenvalue weighted by Crippen LogP contribution is 2.21. The number of nitrogens with two attached hydrogens (primary N) is 1. The number of amides is 1. The molecule has 96 valence electrons. The number of hydrogen-bond donors (Lipinski definition) is 1. The first-order valence-corrected chi connectivity index (χ1v) is 6.64. The van der Waals surface area contributed by atoms with E-state index in [0.717, 1.165) is 11.1 Å². The van der Waals surface area contributed by atoms with E-state index in [1.165, 1.54) is 11.8 Å². The minimum Gasteiger partial charge on any atom is -0.440 e. The number of hydrogen-bond acceptors (Lipinski definition) is 5. The minimum atomic E-state index is 0.0837. The molecule has 1 aromatic heterocycles. The molecule has 0 saturated carbocycles. The lowest BCUT2D eigenvalue weighted by Gasteiger charge is -2.08. The zero-order valence-corrected chi connectivity index (χ0v) is 11.2. The Morgan fingerprint density at radius 1 is 1.50 bits per heavy atom. The summed E-state index contributed by atoms with van der Waals surface area (Å²) in [6.45, 7) is 0. The van der Waals surface area contributed by atoms with Crippen molar-refractivity contribution in [2.45, 2.75) is 5.75 Å². The van der Waals surface area contributed by atoms with E-state index in [0.29, 0.717) is 23.1 Å². The van der Waals surface area contributed by atoms with E-state index in [1.54, 1.807) is 37.2 Å². The van der Waals surface area contributed by atoms with Gasteiger partial charge in [0, 0.05) is 19.8 Å². The van der Waals surface area contributed by atoms with Crippen LogP contribution in [-0.4, -0.2) is 35.6 Å². The lowest BCUT2D eigenvalue weighted by molar-refractivity contribution is -0.125. The zero-order chi connectivity index (χ0) is 13.1. The molecule has 0 aliphatic rings. The first-order chi connectivity index (χ1) is 8.56. The highest BCUT2D eigenvalue weighted by molar-refractivity contribution is 7.99. The van der Waals surface area contributed by atoms with Crippen LogP contribution in [0.4, 0.5) is 5.69 Å². The SMILES string of the molecule is CN(C)C(=O)CSCc1nc2cc(N)ccc2o1. The number of anilines is 1. The summed E-state index contributed by atoms with van der Waals surface area (Å²) in [6, 6.07) is 5.36. The molecule has 0 bridgehead atoms. The van der Waals surface area contributed by atoms with Gasteiger partial charge in [0.05, 0.1) is 11.5 Å². The number of fused-ring (bicyclic) bond motifs is 1. The van der Waals surface area contributed by atoms with Gasteiger partial charge < -0.3 is 15.1 Å². The molecule has 0 aliphatic carbocycles. The van der Waals surface area contributed by atoms with Crippen molar-refractivity contribution in [2.24, 2.45) is 0 Å². The van der Waals surface area contributed by atoms with Crippen molar-refractivity contribution in [3.63, 3.8) is 0 Å². The van der Waals surface area contributed by atoms with Gasteiger partial charge in [0.25, 0.3) is 0 Å². The zero-order valence-electron chi connectivity index (χ0n) is 10.3. The van der Waals surface area contributed by atoms with Crippen LogP contribution >= 0.6 is 11.8 Å². The van der Waals surface area contributed by atoms with Crippen molar-refractivity contribution in [3.05, 3.63) is 24.1 Å². The van der Waals surface area contributed by atoms with Crippen LogP contribution in [0.2, 0.25) is 0 Å². The van der Waals surface area contributed by atoms with E-state index in [1.807, 2.05) is 0 Å². The lowest BCUT2D eigenvalue weighted by atomic mass is 10.3. The quantitative estimate of drug-likeness (QED) is 0.852. The molecule has 0 aliphatic heterocycles. The number of benzene rings is 1. The van der Waals surface area contributed by atoms with Crippen LogP contribution in [0.15, 0.2) is 22.6 Å². The van der Waals surface area contributed by atoms with Crippen molar-refractivity contribution >= 4 is 34.5 Å². The summed E-state index contributed by atoms with van der Waals surface area (Å²) in [4.78, 5) is 17.3. The van der Waals surface area contributed by atoms with E-state index in [-0.39, 0.29) is 5.91 Å². The summed E-state index contributed by atoms with van der Waals surface area (Å²) in [5.41, 5.74) is 7.81. The van der Waals surface area contributed by atoms with Crippen molar-refractivity contribution in [2.75, 3.05) is 25.6 Å². The van der Waals surface area contributed by atoms with Crippen LogP contribution in [0, 0.1) is 0 Å². The topological polar surface area (TPSA) is 72.4 Å². The maximum Gasteiger partial charge on any atom is 0.232 e. The molecule has 2 N–H and O–H groups in total. The molecular formula is C12H15N3O2S. The van der Waals surface area contributed by atoms with Gasteiger partial charge in [-0.25, -0.2) is 4.98 Å². The number of aromatic nitrogens is 1. The first kappa shape index (κ1) is 12.8. The molecule has 18 heavy (non-hydrogen) atoms. The Labute approximate surface area is 109 Å². The average molecular weight is 265 g/mol. The van der Waals surface area contributed by atoms with Gasteiger partial charge in [0.1, 0.15) is 5.52 Å². The molecule has 0 radical (unpaired) electrons. The van der Waals surface area contributed by atoms with Crippen LogP contribution in [0.1, 0.15) is 5.89 Å². The molecule has 6 heteroatoms. The van der Waals surface area contributed by atoms with Crippen molar-refractivity contribution in [1.82, 2.24) is 9.88 Å². The number of carbonyl (C=O) groups excluding carboxylic acids is 1. The van der Waals surface area contributed by atoms with Gasteiger partial charge >= 0.3 is 0 Å². The Kier molecular flexibility index (Phi) is 3.76. The summed E-state index contributed by atoms with van der Waals surface area (Å²) in [5.74, 6) is 1.70. The second-order valence-electron chi connectivity index (χ2n) is 4.12.